The van der Waals surface area contributed by atoms with Crippen molar-refractivity contribution < 1.29 is 18.3 Å². The number of hydrogen-bond donors (Lipinski definition) is 3. The fourth-order valence-corrected chi connectivity index (χ4v) is 3.46. The Morgan fingerprint density at radius 1 is 1.08 bits per heavy atom. The molecule has 1 aliphatic rings. The van der Waals surface area contributed by atoms with E-state index in [2.05, 4.69) is 15.2 Å². The number of nitrogens with one attached hydrogen (secondary N) is 2. The van der Waals surface area contributed by atoms with Crippen LogP contribution >= 0.6 is 0 Å². The molecule has 0 unspecified atom stereocenters. The Morgan fingerprint density at radius 3 is 2.50 bits per heavy atom. The molecule has 2 aromatic carbocycles. The zero-order chi connectivity index (χ0) is 17.2. The standard InChI is InChI=1S/C16H13N3O4S/c20-15-12-8-4-5-9-13(12)24(22,23)19-14(15)16(21)18-17-10-11-6-2-1-3-7-11/h1-10,19-20H,(H,18,21)/b17-10+. The monoisotopic (exact) mass is 343 g/mol. The summed E-state index contributed by atoms with van der Waals surface area (Å²) in [6, 6.07) is 14.9. The van der Waals surface area contributed by atoms with Gasteiger partial charge in [0.25, 0.3) is 15.9 Å². The summed E-state index contributed by atoms with van der Waals surface area (Å²) in [5.74, 6) is -1.31. The molecule has 8 heteroatoms. The smallest absolute Gasteiger partial charge is 0.292 e. The minimum Gasteiger partial charge on any atom is -0.505 e. The van der Waals surface area contributed by atoms with E-state index in [1.54, 1.807) is 18.2 Å². The third kappa shape index (κ3) is 2.99. The minimum absolute atomic E-state index is 0.0634. The van der Waals surface area contributed by atoms with E-state index in [-0.39, 0.29) is 10.5 Å². The number of nitrogens with zero attached hydrogens (tertiary/aromatic N) is 1. The number of hydrazone groups is 1. The van der Waals surface area contributed by atoms with E-state index in [4.69, 9.17) is 0 Å². The van der Waals surface area contributed by atoms with Crippen LogP contribution in [0.4, 0.5) is 0 Å². The topological polar surface area (TPSA) is 108 Å². The summed E-state index contributed by atoms with van der Waals surface area (Å²) in [5, 5.41) is 13.9. The van der Waals surface area contributed by atoms with Gasteiger partial charge in [0.1, 0.15) is 0 Å². The van der Waals surface area contributed by atoms with Crippen LogP contribution in [0.5, 0.6) is 0 Å². The molecular weight excluding hydrogens is 330 g/mol. The van der Waals surface area contributed by atoms with Gasteiger partial charge in [0.2, 0.25) is 0 Å². The summed E-state index contributed by atoms with van der Waals surface area (Å²) in [4.78, 5) is 12.0. The highest BCUT2D eigenvalue weighted by Gasteiger charge is 2.32. The summed E-state index contributed by atoms with van der Waals surface area (Å²) in [5.41, 5.74) is 2.53. The Morgan fingerprint density at radius 2 is 1.75 bits per heavy atom. The maximum atomic E-state index is 12.2. The molecule has 1 aliphatic heterocycles. The number of aliphatic hydroxyl groups excluding tert-OH is 1. The molecule has 0 bridgehead atoms. The van der Waals surface area contributed by atoms with Gasteiger partial charge in [0, 0.05) is 5.56 Å². The fraction of sp³-hybridized carbons (Fsp3) is 0. The molecule has 0 atom stereocenters. The molecule has 2 aromatic rings. The van der Waals surface area contributed by atoms with Gasteiger partial charge in [-0.15, -0.1) is 0 Å². The summed E-state index contributed by atoms with van der Waals surface area (Å²) in [6.07, 6.45) is 1.40. The Hall–Kier alpha value is -3.13. The maximum absolute atomic E-state index is 12.2. The van der Waals surface area contributed by atoms with Crippen molar-refractivity contribution in [3.63, 3.8) is 0 Å². The lowest BCUT2D eigenvalue weighted by molar-refractivity contribution is -0.117. The molecule has 0 aliphatic carbocycles. The van der Waals surface area contributed by atoms with Crippen LogP contribution in [0.1, 0.15) is 11.1 Å². The van der Waals surface area contributed by atoms with Gasteiger partial charge in [-0.2, -0.15) is 5.10 Å². The van der Waals surface area contributed by atoms with E-state index in [0.717, 1.165) is 5.56 Å². The lowest BCUT2D eigenvalue weighted by Gasteiger charge is -2.20. The van der Waals surface area contributed by atoms with Crippen molar-refractivity contribution >= 4 is 27.9 Å². The van der Waals surface area contributed by atoms with Gasteiger partial charge in [0.15, 0.2) is 11.5 Å². The largest absolute Gasteiger partial charge is 0.505 e. The van der Waals surface area contributed by atoms with Crippen molar-refractivity contribution in [2.75, 3.05) is 0 Å². The Bertz CT molecular complexity index is 950. The third-order valence-electron chi connectivity index (χ3n) is 3.31. The lowest BCUT2D eigenvalue weighted by atomic mass is 10.1. The van der Waals surface area contributed by atoms with E-state index in [1.165, 1.54) is 24.4 Å². The van der Waals surface area contributed by atoms with Crippen LogP contribution < -0.4 is 10.1 Å². The minimum atomic E-state index is -3.93. The molecular formula is C16H13N3O4S. The van der Waals surface area contributed by atoms with E-state index in [9.17, 15) is 18.3 Å². The van der Waals surface area contributed by atoms with Crippen LogP contribution in [0.15, 0.2) is 70.3 Å². The molecule has 0 saturated heterocycles. The molecule has 122 valence electrons. The normalized spacial score (nSPS) is 15.7. The van der Waals surface area contributed by atoms with Crippen molar-refractivity contribution in [2.24, 2.45) is 5.10 Å². The van der Waals surface area contributed by atoms with E-state index in [1.807, 2.05) is 18.2 Å². The highest BCUT2D eigenvalue weighted by Crippen LogP contribution is 2.28. The first-order valence-electron chi connectivity index (χ1n) is 6.93. The Balaban J connectivity index is 1.86. The van der Waals surface area contributed by atoms with Crippen LogP contribution in [-0.2, 0) is 14.8 Å². The fourth-order valence-electron chi connectivity index (χ4n) is 2.18. The number of carbonyl (C=O) groups excluding carboxylic acids is 1. The number of aliphatic hydroxyl groups is 1. The van der Waals surface area contributed by atoms with Gasteiger partial charge < -0.3 is 5.11 Å². The van der Waals surface area contributed by atoms with Crippen molar-refractivity contribution in [3.05, 3.63) is 71.4 Å². The summed E-state index contributed by atoms with van der Waals surface area (Å²) < 4.78 is 26.4. The molecule has 0 saturated carbocycles. The second kappa shape index (κ2) is 6.17. The van der Waals surface area contributed by atoms with Crippen LogP contribution in [0, 0.1) is 0 Å². The van der Waals surface area contributed by atoms with Crippen molar-refractivity contribution in [3.8, 4) is 0 Å². The van der Waals surface area contributed by atoms with Crippen LogP contribution in [0.2, 0.25) is 0 Å². The summed E-state index contributed by atoms with van der Waals surface area (Å²) in [6.45, 7) is 0. The first kappa shape index (κ1) is 15.8. The number of rotatable bonds is 3. The number of amides is 1. The SMILES string of the molecule is O=C(N/N=C/c1ccccc1)C1=C(O)c2ccccc2S(=O)(=O)N1. The molecule has 1 heterocycles. The molecule has 0 fully saturated rings. The van der Waals surface area contributed by atoms with Crippen molar-refractivity contribution in [1.29, 1.82) is 0 Å². The number of hydrogen-bond acceptors (Lipinski definition) is 5. The molecule has 7 nitrogen and oxygen atoms in total. The highest BCUT2D eigenvalue weighted by molar-refractivity contribution is 7.89. The zero-order valence-corrected chi connectivity index (χ0v) is 13.1. The summed E-state index contributed by atoms with van der Waals surface area (Å²) >= 11 is 0. The van der Waals surface area contributed by atoms with Crippen LogP contribution in [-0.4, -0.2) is 25.6 Å². The predicted octanol–water partition coefficient (Wildman–Crippen LogP) is 1.36. The number of benzene rings is 2. The van der Waals surface area contributed by atoms with Crippen LogP contribution in [0.3, 0.4) is 0 Å². The predicted molar refractivity (Wildman–Crippen MR) is 88.5 cm³/mol. The molecule has 3 N–H and O–H groups in total. The third-order valence-corrected chi connectivity index (χ3v) is 4.72. The van der Waals surface area contributed by atoms with Crippen molar-refractivity contribution in [1.82, 2.24) is 10.1 Å². The lowest BCUT2D eigenvalue weighted by Crippen LogP contribution is -2.37. The number of sulfonamides is 1. The second-order valence-corrected chi connectivity index (χ2v) is 6.59. The van der Waals surface area contributed by atoms with Gasteiger partial charge in [-0.05, 0) is 17.7 Å². The molecule has 3 rings (SSSR count). The average molecular weight is 343 g/mol. The quantitative estimate of drug-likeness (QED) is 0.577. The van der Waals surface area contributed by atoms with Gasteiger partial charge >= 0.3 is 0 Å². The zero-order valence-electron chi connectivity index (χ0n) is 12.3. The molecule has 0 spiro atoms. The first-order valence-corrected chi connectivity index (χ1v) is 8.41. The first-order chi connectivity index (χ1) is 11.5. The van der Waals surface area contributed by atoms with Crippen LogP contribution in [0.25, 0.3) is 5.76 Å². The number of carbonyl (C=O) groups is 1. The van der Waals surface area contributed by atoms with Gasteiger partial charge in [-0.3, -0.25) is 9.52 Å². The van der Waals surface area contributed by atoms with Gasteiger partial charge in [-0.1, -0.05) is 42.5 Å². The van der Waals surface area contributed by atoms with E-state index in [0.29, 0.717) is 0 Å². The van der Waals surface area contributed by atoms with E-state index < -0.39 is 27.4 Å². The molecule has 0 radical (unpaired) electrons. The second-order valence-electron chi connectivity index (χ2n) is 4.94. The molecule has 1 amide bonds. The van der Waals surface area contributed by atoms with E-state index >= 15 is 0 Å². The highest BCUT2D eigenvalue weighted by atomic mass is 32.2. The number of fused-ring (bicyclic) bond motifs is 1. The molecule has 0 aromatic heterocycles. The summed E-state index contributed by atoms with van der Waals surface area (Å²) in [7, 11) is -3.93. The maximum Gasteiger partial charge on any atom is 0.292 e. The average Bonchev–Trinajstić information content (AvgIpc) is 2.59. The van der Waals surface area contributed by atoms with Gasteiger partial charge in [-0.25, -0.2) is 13.8 Å². The van der Waals surface area contributed by atoms with Crippen molar-refractivity contribution in [2.45, 2.75) is 4.90 Å². The Labute approximate surface area is 138 Å². The molecule has 24 heavy (non-hydrogen) atoms. The van der Waals surface area contributed by atoms with Gasteiger partial charge in [0.05, 0.1) is 11.1 Å². The Kier molecular flexibility index (Phi) is 4.05.